The molecule has 0 rings (SSSR count). The summed E-state index contributed by atoms with van der Waals surface area (Å²) >= 11 is 0. The summed E-state index contributed by atoms with van der Waals surface area (Å²) in [6.45, 7) is 16.2. The summed E-state index contributed by atoms with van der Waals surface area (Å²) in [6.07, 6.45) is 5.68. The van der Waals surface area contributed by atoms with E-state index in [2.05, 4.69) is 46.5 Å². The number of nitrogens with one attached hydrogen (secondary N) is 1. The minimum atomic E-state index is 0.259. The fourth-order valence-electron chi connectivity index (χ4n) is 1.54. The van der Waals surface area contributed by atoms with Crippen molar-refractivity contribution >= 4 is 0 Å². The van der Waals surface area contributed by atoms with Crippen LogP contribution in [0.1, 0.15) is 53.9 Å². The lowest BCUT2D eigenvalue weighted by Gasteiger charge is -2.28. The zero-order chi connectivity index (χ0) is 11.2. The number of allylic oxidation sites excluding steroid dienone is 1. The number of rotatable bonds is 7. The Morgan fingerprint density at radius 1 is 1.14 bits per heavy atom. The molecule has 0 aliphatic heterocycles. The molecule has 0 atom stereocenters. The molecule has 0 saturated heterocycles. The van der Waals surface area contributed by atoms with Gasteiger partial charge in [0.05, 0.1) is 0 Å². The third-order valence-electron chi connectivity index (χ3n) is 2.80. The topological polar surface area (TPSA) is 12.0 Å². The van der Waals surface area contributed by atoms with Crippen LogP contribution in [0.5, 0.6) is 0 Å². The molecular formula is C13H27N. The Morgan fingerprint density at radius 3 is 2.14 bits per heavy atom. The molecule has 1 N–H and O–H groups in total. The van der Waals surface area contributed by atoms with Crippen LogP contribution in [0, 0.1) is 5.41 Å². The van der Waals surface area contributed by atoms with Crippen LogP contribution >= 0.6 is 0 Å². The molecule has 0 aromatic carbocycles. The van der Waals surface area contributed by atoms with Crippen LogP contribution in [0.2, 0.25) is 0 Å². The zero-order valence-corrected chi connectivity index (χ0v) is 10.6. The smallest absolute Gasteiger partial charge is 0.0125 e. The van der Waals surface area contributed by atoms with E-state index in [4.69, 9.17) is 0 Å². The standard InChI is InChI=1S/C13H27N/c1-7-9-13(5,6)14-11-10-12(3,4)8-2/h8,14H,2,7,9-11H2,1,3-6H3. The van der Waals surface area contributed by atoms with E-state index in [1.165, 1.54) is 12.8 Å². The highest BCUT2D eigenvalue weighted by molar-refractivity contribution is 4.88. The first-order valence-electron chi connectivity index (χ1n) is 5.71. The Labute approximate surface area is 90.0 Å². The van der Waals surface area contributed by atoms with Gasteiger partial charge in [-0.3, -0.25) is 0 Å². The second-order valence-corrected chi connectivity index (χ2v) is 5.50. The van der Waals surface area contributed by atoms with Gasteiger partial charge in [-0.2, -0.15) is 0 Å². The molecule has 0 aromatic heterocycles. The molecule has 1 heteroatoms. The van der Waals surface area contributed by atoms with Crippen molar-refractivity contribution in [2.75, 3.05) is 6.54 Å². The van der Waals surface area contributed by atoms with E-state index < -0.39 is 0 Å². The van der Waals surface area contributed by atoms with Crippen molar-refractivity contribution in [3.05, 3.63) is 12.7 Å². The van der Waals surface area contributed by atoms with Gasteiger partial charge in [0.1, 0.15) is 0 Å². The lowest BCUT2D eigenvalue weighted by atomic mass is 9.89. The monoisotopic (exact) mass is 197 g/mol. The van der Waals surface area contributed by atoms with E-state index in [-0.39, 0.29) is 11.0 Å². The van der Waals surface area contributed by atoms with Crippen molar-refractivity contribution in [1.29, 1.82) is 0 Å². The summed E-state index contributed by atoms with van der Waals surface area (Å²) in [4.78, 5) is 0. The highest BCUT2D eigenvalue weighted by atomic mass is 14.9. The van der Waals surface area contributed by atoms with Gasteiger partial charge in [0.15, 0.2) is 0 Å². The Bertz CT molecular complexity index is 168. The molecule has 14 heavy (non-hydrogen) atoms. The molecule has 0 aliphatic rings. The lowest BCUT2D eigenvalue weighted by molar-refractivity contribution is 0.326. The third-order valence-corrected chi connectivity index (χ3v) is 2.80. The van der Waals surface area contributed by atoms with Gasteiger partial charge >= 0.3 is 0 Å². The Balaban J connectivity index is 3.78. The lowest BCUT2D eigenvalue weighted by Crippen LogP contribution is -2.40. The minimum Gasteiger partial charge on any atom is -0.312 e. The predicted molar refractivity (Wildman–Crippen MR) is 65.6 cm³/mol. The van der Waals surface area contributed by atoms with Gasteiger partial charge in [-0.25, -0.2) is 0 Å². The van der Waals surface area contributed by atoms with Crippen molar-refractivity contribution in [3.63, 3.8) is 0 Å². The quantitative estimate of drug-likeness (QED) is 0.613. The molecule has 0 aliphatic carbocycles. The molecule has 0 bridgehead atoms. The first kappa shape index (κ1) is 13.7. The second-order valence-electron chi connectivity index (χ2n) is 5.50. The van der Waals surface area contributed by atoms with Gasteiger partial charge in [-0.15, -0.1) is 6.58 Å². The number of hydrogen-bond donors (Lipinski definition) is 1. The van der Waals surface area contributed by atoms with Gasteiger partial charge in [0.2, 0.25) is 0 Å². The molecule has 0 spiro atoms. The van der Waals surface area contributed by atoms with Crippen molar-refractivity contribution in [2.24, 2.45) is 5.41 Å². The summed E-state index contributed by atoms with van der Waals surface area (Å²) in [5.41, 5.74) is 0.543. The van der Waals surface area contributed by atoms with Crippen molar-refractivity contribution < 1.29 is 0 Å². The maximum atomic E-state index is 3.86. The normalized spacial score (nSPS) is 12.9. The minimum absolute atomic E-state index is 0.259. The second kappa shape index (κ2) is 5.55. The van der Waals surface area contributed by atoms with Gasteiger partial charge in [0, 0.05) is 5.54 Å². The largest absolute Gasteiger partial charge is 0.312 e. The molecule has 0 heterocycles. The molecule has 0 unspecified atom stereocenters. The van der Waals surface area contributed by atoms with E-state index in [0.29, 0.717) is 0 Å². The van der Waals surface area contributed by atoms with Gasteiger partial charge in [0.25, 0.3) is 0 Å². The van der Waals surface area contributed by atoms with Crippen molar-refractivity contribution in [3.8, 4) is 0 Å². The molecule has 0 radical (unpaired) electrons. The molecule has 0 aromatic rings. The highest BCUT2D eigenvalue weighted by Gasteiger charge is 2.17. The van der Waals surface area contributed by atoms with Crippen molar-refractivity contribution in [1.82, 2.24) is 5.32 Å². The fraction of sp³-hybridized carbons (Fsp3) is 0.846. The fourth-order valence-corrected chi connectivity index (χ4v) is 1.54. The molecule has 0 fully saturated rings. The van der Waals surface area contributed by atoms with Gasteiger partial charge < -0.3 is 5.32 Å². The zero-order valence-electron chi connectivity index (χ0n) is 10.6. The average molecular weight is 197 g/mol. The summed E-state index contributed by atoms with van der Waals surface area (Å²) in [5.74, 6) is 0. The van der Waals surface area contributed by atoms with Crippen LogP contribution in [0.3, 0.4) is 0 Å². The molecular weight excluding hydrogens is 170 g/mol. The molecule has 84 valence electrons. The maximum Gasteiger partial charge on any atom is 0.0125 e. The SMILES string of the molecule is C=CC(C)(C)CCNC(C)(C)CCC. The van der Waals surface area contributed by atoms with Crippen LogP contribution in [0.25, 0.3) is 0 Å². The number of hydrogen-bond acceptors (Lipinski definition) is 1. The predicted octanol–water partition coefficient (Wildman–Crippen LogP) is 3.76. The maximum absolute atomic E-state index is 3.86. The Hall–Kier alpha value is -0.300. The average Bonchev–Trinajstić information content (AvgIpc) is 2.03. The van der Waals surface area contributed by atoms with E-state index in [0.717, 1.165) is 13.0 Å². The molecule has 0 amide bonds. The summed E-state index contributed by atoms with van der Waals surface area (Å²) in [7, 11) is 0. The Morgan fingerprint density at radius 2 is 1.71 bits per heavy atom. The highest BCUT2D eigenvalue weighted by Crippen LogP contribution is 2.21. The molecule has 1 nitrogen and oxygen atoms in total. The van der Waals surface area contributed by atoms with Crippen LogP contribution < -0.4 is 5.32 Å². The van der Waals surface area contributed by atoms with Crippen LogP contribution in [-0.4, -0.2) is 12.1 Å². The Kier molecular flexibility index (Phi) is 5.43. The van der Waals surface area contributed by atoms with E-state index in [1.54, 1.807) is 0 Å². The van der Waals surface area contributed by atoms with Crippen LogP contribution in [-0.2, 0) is 0 Å². The van der Waals surface area contributed by atoms with Crippen LogP contribution in [0.4, 0.5) is 0 Å². The van der Waals surface area contributed by atoms with Crippen molar-refractivity contribution in [2.45, 2.75) is 59.4 Å². The van der Waals surface area contributed by atoms with Gasteiger partial charge in [-0.05, 0) is 38.6 Å². The summed E-state index contributed by atoms with van der Waals surface area (Å²) in [6, 6.07) is 0. The first-order valence-corrected chi connectivity index (χ1v) is 5.71. The van der Waals surface area contributed by atoms with Crippen LogP contribution in [0.15, 0.2) is 12.7 Å². The summed E-state index contributed by atoms with van der Waals surface area (Å²) < 4.78 is 0. The van der Waals surface area contributed by atoms with E-state index in [1.807, 2.05) is 6.08 Å². The van der Waals surface area contributed by atoms with Gasteiger partial charge in [-0.1, -0.05) is 33.3 Å². The third kappa shape index (κ3) is 6.20. The summed E-state index contributed by atoms with van der Waals surface area (Å²) in [5, 5.41) is 3.60. The molecule has 0 saturated carbocycles. The van der Waals surface area contributed by atoms with E-state index in [9.17, 15) is 0 Å². The first-order chi connectivity index (χ1) is 6.33. The van der Waals surface area contributed by atoms with E-state index >= 15 is 0 Å².